The quantitative estimate of drug-likeness (QED) is 0.618. The Morgan fingerprint density at radius 3 is 2.62 bits per heavy atom. The lowest BCUT2D eigenvalue weighted by molar-refractivity contribution is -0.130. The molecule has 0 unspecified atom stereocenters. The van der Waals surface area contributed by atoms with Crippen molar-refractivity contribution in [1.82, 2.24) is 10.2 Å². The van der Waals surface area contributed by atoms with E-state index in [-0.39, 0.29) is 17.7 Å². The van der Waals surface area contributed by atoms with Crippen molar-refractivity contribution in [1.29, 1.82) is 0 Å². The van der Waals surface area contributed by atoms with E-state index in [0.29, 0.717) is 19.0 Å². The molecule has 2 fully saturated rings. The minimum Gasteiger partial charge on any atom is -0.355 e. The summed E-state index contributed by atoms with van der Waals surface area (Å²) < 4.78 is 0. The largest absolute Gasteiger partial charge is 0.355 e. The summed E-state index contributed by atoms with van der Waals surface area (Å²) in [6.07, 6.45) is 15.9. The van der Waals surface area contributed by atoms with E-state index in [1.54, 1.807) is 0 Å². The van der Waals surface area contributed by atoms with E-state index in [9.17, 15) is 9.59 Å². The van der Waals surface area contributed by atoms with Crippen LogP contribution in [-0.4, -0.2) is 35.8 Å². The summed E-state index contributed by atoms with van der Waals surface area (Å²) in [6.45, 7) is 1.36. The lowest BCUT2D eigenvalue weighted by Gasteiger charge is -2.27. The maximum atomic E-state index is 12.4. The van der Waals surface area contributed by atoms with E-state index in [2.05, 4.69) is 11.4 Å². The SMILES string of the molecule is O=C(NCCC1=CCCCC1)[C@H]1CC(=O)N(C2CCCCCC2)C1. The summed E-state index contributed by atoms with van der Waals surface area (Å²) in [5.74, 6) is 0.133. The summed E-state index contributed by atoms with van der Waals surface area (Å²) in [6, 6.07) is 0.380. The first-order valence-corrected chi connectivity index (χ1v) is 9.99. The number of likely N-dealkylation sites (tertiary alicyclic amines) is 1. The molecule has 0 aromatic heterocycles. The van der Waals surface area contributed by atoms with Gasteiger partial charge < -0.3 is 10.2 Å². The molecule has 134 valence electrons. The van der Waals surface area contributed by atoms with E-state index < -0.39 is 0 Å². The number of carbonyl (C=O) groups excluding carboxylic acids is 2. The molecule has 3 rings (SSSR count). The van der Waals surface area contributed by atoms with Gasteiger partial charge in [0.1, 0.15) is 0 Å². The summed E-state index contributed by atoms with van der Waals surface area (Å²) in [5, 5.41) is 3.07. The fourth-order valence-corrected chi connectivity index (χ4v) is 4.45. The molecule has 24 heavy (non-hydrogen) atoms. The van der Waals surface area contributed by atoms with Gasteiger partial charge in [0.25, 0.3) is 0 Å². The molecule has 4 nitrogen and oxygen atoms in total. The lowest BCUT2D eigenvalue weighted by Crippen LogP contribution is -2.38. The zero-order valence-electron chi connectivity index (χ0n) is 14.9. The normalized spacial score (nSPS) is 26.2. The third kappa shape index (κ3) is 4.61. The fraction of sp³-hybridized carbons (Fsp3) is 0.800. The molecular weight excluding hydrogens is 300 g/mol. The first-order valence-electron chi connectivity index (χ1n) is 9.99. The summed E-state index contributed by atoms with van der Waals surface area (Å²) in [5.41, 5.74) is 1.49. The van der Waals surface area contributed by atoms with Crippen LogP contribution >= 0.6 is 0 Å². The molecule has 0 bridgehead atoms. The highest BCUT2D eigenvalue weighted by atomic mass is 16.2. The van der Waals surface area contributed by atoms with Crippen LogP contribution in [0.25, 0.3) is 0 Å². The Hall–Kier alpha value is -1.32. The molecule has 0 radical (unpaired) electrons. The van der Waals surface area contributed by atoms with Crippen molar-refractivity contribution < 1.29 is 9.59 Å². The second kappa shape index (κ2) is 8.68. The second-order valence-corrected chi connectivity index (χ2v) is 7.74. The van der Waals surface area contributed by atoms with Crippen LogP contribution in [-0.2, 0) is 9.59 Å². The maximum Gasteiger partial charge on any atom is 0.225 e. The molecule has 1 saturated carbocycles. The molecular formula is C20H32N2O2. The van der Waals surface area contributed by atoms with Gasteiger partial charge in [-0.3, -0.25) is 9.59 Å². The van der Waals surface area contributed by atoms with Crippen molar-refractivity contribution in [3.05, 3.63) is 11.6 Å². The van der Waals surface area contributed by atoms with Gasteiger partial charge in [-0.15, -0.1) is 0 Å². The van der Waals surface area contributed by atoms with Gasteiger partial charge in [0.15, 0.2) is 0 Å². The molecule has 0 spiro atoms. The Kier molecular flexibility index (Phi) is 6.33. The summed E-state index contributed by atoms with van der Waals surface area (Å²) >= 11 is 0. The van der Waals surface area contributed by atoms with Gasteiger partial charge in [0.05, 0.1) is 5.92 Å². The van der Waals surface area contributed by atoms with Crippen LogP contribution in [0.2, 0.25) is 0 Å². The highest BCUT2D eigenvalue weighted by Crippen LogP contribution is 2.28. The molecule has 1 atom stereocenters. The third-order valence-corrected chi connectivity index (χ3v) is 5.93. The lowest BCUT2D eigenvalue weighted by atomic mass is 9.97. The van der Waals surface area contributed by atoms with E-state index in [1.807, 2.05) is 4.90 Å². The molecule has 0 aromatic rings. The monoisotopic (exact) mass is 332 g/mol. The highest BCUT2D eigenvalue weighted by Gasteiger charge is 2.37. The Morgan fingerprint density at radius 1 is 1.12 bits per heavy atom. The van der Waals surface area contributed by atoms with Gasteiger partial charge in [-0.2, -0.15) is 0 Å². The number of rotatable bonds is 5. The number of nitrogens with zero attached hydrogens (tertiary/aromatic N) is 1. The second-order valence-electron chi connectivity index (χ2n) is 7.74. The van der Waals surface area contributed by atoms with Crippen LogP contribution in [0, 0.1) is 5.92 Å². The van der Waals surface area contributed by atoms with Crippen LogP contribution in [0.15, 0.2) is 11.6 Å². The van der Waals surface area contributed by atoms with Gasteiger partial charge in [-0.1, -0.05) is 37.3 Å². The van der Waals surface area contributed by atoms with Gasteiger partial charge in [0, 0.05) is 25.6 Å². The minimum absolute atomic E-state index is 0.0795. The van der Waals surface area contributed by atoms with E-state index >= 15 is 0 Å². The highest BCUT2D eigenvalue weighted by molar-refractivity contribution is 5.89. The van der Waals surface area contributed by atoms with Crippen molar-refractivity contribution >= 4 is 11.8 Å². The fourth-order valence-electron chi connectivity index (χ4n) is 4.45. The molecule has 3 aliphatic rings. The predicted octanol–water partition coefficient (Wildman–Crippen LogP) is 3.56. The zero-order valence-corrected chi connectivity index (χ0v) is 14.9. The Morgan fingerprint density at radius 2 is 1.92 bits per heavy atom. The van der Waals surface area contributed by atoms with E-state index in [0.717, 1.165) is 25.8 Å². The maximum absolute atomic E-state index is 12.4. The predicted molar refractivity (Wildman–Crippen MR) is 95.5 cm³/mol. The number of hydrogen-bond acceptors (Lipinski definition) is 2. The van der Waals surface area contributed by atoms with Crippen LogP contribution < -0.4 is 5.32 Å². The van der Waals surface area contributed by atoms with Crippen LogP contribution in [0.5, 0.6) is 0 Å². The average Bonchev–Trinajstić information content (AvgIpc) is 2.81. The van der Waals surface area contributed by atoms with Gasteiger partial charge in [-0.25, -0.2) is 0 Å². The average molecular weight is 332 g/mol. The Balaban J connectivity index is 1.44. The smallest absolute Gasteiger partial charge is 0.225 e. The first-order chi connectivity index (χ1) is 11.7. The van der Waals surface area contributed by atoms with Crippen molar-refractivity contribution in [3.8, 4) is 0 Å². The molecule has 1 aliphatic heterocycles. The van der Waals surface area contributed by atoms with Crippen molar-refractivity contribution in [3.63, 3.8) is 0 Å². The van der Waals surface area contributed by atoms with Gasteiger partial charge in [-0.05, 0) is 44.9 Å². The van der Waals surface area contributed by atoms with Gasteiger partial charge >= 0.3 is 0 Å². The molecule has 2 aliphatic carbocycles. The number of nitrogens with one attached hydrogen (secondary N) is 1. The summed E-state index contributed by atoms with van der Waals surface area (Å²) in [4.78, 5) is 26.8. The molecule has 1 saturated heterocycles. The van der Waals surface area contributed by atoms with E-state index in [4.69, 9.17) is 0 Å². The number of hydrogen-bond donors (Lipinski definition) is 1. The van der Waals surface area contributed by atoms with Crippen molar-refractivity contribution in [2.45, 2.75) is 83.1 Å². The molecule has 2 amide bonds. The topological polar surface area (TPSA) is 49.4 Å². The van der Waals surface area contributed by atoms with Crippen LogP contribution in [0.1, 0.15) is 77.0 Å². The Bertz CT molecular complexity index is 478. The van der Waals surface area contributed by atoms with Crippen LogP contribution in [0.3, 0.4) is 0 Å². The van der Waals surface area contributed by atoms with Gasteiger partial charge in [0.2, 0.25) is 11.8 Å². The van der Waals surface area contributed by atoms with Crippen molar-refractivity contribution in [2.24, 2.45) is 5.92 Å². The Labute approximate surface area is 146 Å². The number of amides is 2. The standard InChI is InChI=1S/C20H32N2O2/c23-19-14-17(15-22(19)18-10-6-1-2-7-11-18)20(24)21-13-12-16-8-4-3-5-9-16/h8,17-18H,1-7,9-15H2,(H,21,24)/t17-/m0/s1. The molecule has 1 N–H and O–H groups in total. The molecule has 4 heteroatoms. The number of carbonyl (C=O) groups is 2. The molecule has 0 aromatic carbocycles. The minimum atomic E-state index is -0.138. The summed E-state index contributed by atoms with van der Waals surface area (Å²) in [7, 11) is 0. The van der Waals surface area contributed by atoms with Crippen molar-refractivity contribution in [2.75, 3.05) is 13.1 Å². The van der Waals surface area contributed by atoms with Crippen LogP contribution in [0.4, 0.5) is 0 Å². The molecule has 1 heterocycles. The van der Waals surface area contributed by atoms with E-state index in [1.165, 1.54) is 56.9 Å². The number of allylic oxidation sites excluding steroid dienone is 1. The first kappa shape index (κ1) is 17.5. The zero-order chi connectivity index (χ0) is 16.8. The third-order valence-electron chi connectivity index (χ3n) is 5.93.